The molecule has 0 aliphatic heterocycles. The molecule has 0 aliphatic carbocycles. The van der Waals surface area contributed by atoms with Crippen LogP contribution in [-0.4, -0.2) is 22.4 Å². The Bertz CT molecular complexity index is 859. The molecule has 1 aromatic heterocycles. The molecule has 0 atom stereocenters. The Hall–Kier alpha value is -2.95. The molecule has 24 heavy (non-hydrogen) atoms. The fourth-order valence-electron chi connectivity index (χ4n) is 2.59. The van der Waals surface area contributed by atoms with E-state index in [0.717, 1.165) is 35.4 Å². The van der Waals surface area contributed by atoms with Gasteiger partial charge in [-0.1, -0.05) is 23.8 Å². The molecule has 0 saturated carbocycles. The average Bonchev–Trinajstić information content (AvgIpc) is 2.56. The normalized spacial score (nSPS) is 10.6. The summed E-state index contributed by atoms with van der Waals surface area (Å²) < 4.78 is 0. The van der Waals surface area contributed by atoms with E-state index < -0.39 is 0 Å². The number of nitrogens with one attached hydrogen (secondary N) is 2. The Morgan fingerprint density at radius 2 is 1.88 bits per heavy atom. The van der Waals surface area contributed by atoms with Crippen LogP contribution in [0.1, 0.15) is 18.1 Å². The average molecular weight is 320 g/mol. The highest BCUT2D eigenvalue weighted by atomic mass is 16.1. The van der Waals surface area contributed by atoms with E-state index in [1.807, 2.05) is 30.3 Å². The summed E-state index contributed by atoms with van der Waals surface area (Å²) in [5.74, 6) is 0.800. The lowest BCUT2D eigenvalue weighted by atomic mass is 10.1. The maximum atomic E-state index is 11.0. The summed E-state index contributed by atoms with van der Waals surface area (Å²) in [4.78, 5) is 19.7. The molecule has 1 amide bonds. The summed E-state index contributed by atoms with van der Waals surface area (Å²) in [6.45, 7) is 4.35. The van der Waals surface area contributed by atoms with E-state index in [1.54, 1.807) is 6.33 Å². The molecule has 122 valence electrons. The van der Waals surface area contributed by atoms with Gasteiger partial charge in [-0.05, 0) is 43.2 Å². The number of benzene rings is 2. The number of anilines is 2. The first kappa shape index (κ1) is 15.9. The minimum atomic E-state index is -0.0599. The third-order valence-corrected chi connectivity index (χ3v) is 3.77. The highest BCUT2D eigenvalue weighted by Crippen LogP contribution is 2.20. The van der Waals surface area contributed by atoms with Crippen molar-refractivity contribution in [1.29, 1.82) is 0 Å². The van der Waals surface area contributed by atoms with Gasteiger partial charge < -0.3 is 10.6 Å². The highest BCUT2D eigenvalue weighted by molar-refractivity contribution is 5.89. The molecular weight excluding hydrogens is 300 g/mol. The molecular formula is C19H20N4O. The van der Waals surface area contributed by atoms with E-state index >= 15 is 0 Å². The van der Waals surface area contributed by atoms with Gasteiger partial charge in [0.05, 0.1) is 5.52 Å². The van der Waals surface area contributed by atoms with Gasteiger partial charge in [0, 0.05) is 24.5 Å². The van der Waals surface area contributed by atoms with Crippen LogP contribution >= 0.6 is 0 Å². The summed E-state index contributed by atoms with van der Waals surface area (Å²) in [6, 6.07) is 14.0. The monoisotopic (exact) mass is 320 g/mol. The second-order valence-electron chi connectivity index (χ2n) is 5.80. The van der Waals surface area contributed by atoms with Crippen LogP contribution in [0.15, 0.2) is 48.8 Å². The van der Waals surface area contributed by atoms with E-state index in [9.17, 15) is 4.79 Å². The molecule has 0 bridgehead atoms. The number of aromatic nitrogens is 2. The van der Waals surface area contributed by atoms with Crippen LogP contribution in [0.5, 0.6) is 0 Å². The van der Waals surface area contributed by atoms with Gasteiger partial charge in [-0.2, -0.15) is 0 Å². The molecule has 2 aromatic carbocycles. The van der Waals surface area contributed by atoms with E-state index in [0.29, 0.717) is 0 Å². The lowest BCUT2D eigenvalue weighted by Gasteiger charge is -2.09. The van der Waals surface area contributed by atoms with Crippen molar-refractivity contribution in [3.05, 3.63) is 59.9 Å². The fourth-order valence-corrected chi connectivity index (χ4v) is 2.59. The summed E-state index contributed by atoms with van der Waals surface area (Å²) in [6.07, 6.45) is 2.46. The van der Waals surface area contributed by atoms with Crippen molar-refractivity contribution in [1.82, 2.24) is 9.97 Å². The Labute approximate surface area is 141 Å². The zero-order chi connectivity index (χ0) is 16.9. The number of fused-ring (bicyclic) bond motifs is 1. The predicted molar refractivity (Wildman–Crippen MR) is 97.2 cm³/mol. The number of amides is 1. The molecule has 3 aromatic rings. The molecule has 0 unspecified atom stereocenters. The Morgan fingerprint density at radius 3 is 2.62 bits per heavy atom. The van der Waals surface area contributed by atoms with E-state index in [4.69, 9.17) is 0 Å². The van der Waals surface area contributed by atoms with Crippen molar-refractivity contribution >= 4 is 28.3 Å². The first-order chi connectivity index (χ1) is 11.6. The van der Waals surface area contributed by atoms with Gasteiger partial charge in [0.1, 0.15) is 12.1 Å². The minimum absolute atomic E-state index is 0.0599. The van der Waals surface area contributed by atoms with Crippen LogP contribution in [0, 0.1) is 6.92 Å². The third-order valence-electron chi connectivity index (χ3n) is 3.77. The number of hydrogen-bond donors (Lipinski definition) is 2. The smallest absolute Gasteiger partial charge is 0.221 e. The number of carbonyl (C=O) groups is 1. The molecule has 3 rings (SSSR count). The Balaban J connectivity index is 1.64. The Kier molecular flexibility index (Phi) is 4.70. The molecule has 5 nitrogen and oxygen atoms in total. The van der Waals surface area contributed by atoms with E-state index in [2.05, 4.69) is 39.7 Å². The molecule has 5 heteroatoms. The first-order valence-corrected chi connectivity index (χ1v) is 7.93. The zero-order valence-electron chi connectivity index (χ0n) is 13.8. The fraction of sp³-hybridized carbons (Fsp3) is 0.211. The number of rotatable bonds is 5. The van der Waals surface area contributed by atoms with Crippen molar-refractivity contribution in [2.75, 3.05) is 17.2 Å². The zero-order valence-corrected chi connectivity index (χ0v) is 13.8. The van der Waals surface area contributed by atoms with Crippen molar-refractivity contribution in [2.24, 2.45) is 0 Å². The van der Waals surface area contributed by atoms with Crippen LogP contribution in [-0.2, 0) is 11.2 Å². The SMILES string of the molecule is CC(=O)Nc1ccc(CCNc2ncnc3ccc(C)cc23)cc1. The maximum absolute atomic E-state index is 11.0. The number of hydrogen-bond acceptors (Lipinski definition) is 4. The lowest BCUT2D eigenvalue weighted by molar-refractivity contribution is -0.114. The van der Waals surface area contributed by atoms with Gasteiger partial charge in [0.2, 0.25) is 5.91 Å². The minimum Gasteiger partial charge on any atom is -0.369 e. The van der Waals surface area contributed by atoms with Gasteiger partial charge in [0.25, 0.3) is 0 Å². The van der Waals surface area contributed by atoms with Crippen molar-refractivity contribution in [2.45, 2.75) is 20.3 Å². The largest absolute Gasteiger partial charge is 0.369 e. The summed E-state index contributed by atoms with van der Waals surface area (Å²) in [5.41, 5.74) is 4.15. The van der Waals surface area contributed by atoms with E-state index in [1.165, 1.54) is 18.1 Å². The van der Waals surface area contributed by atoms with Crippen LogP contribution in [0.25, 0.3) is 10.9 Å². The van der Waals surface area contributed by atoms with Gasteiger partial charge in [-0.15, -0.1) is 0 Å². The van der Waals surface area contributed by atoms with Gasteiger partial charge >= 0.3 is 0 Å². The van der Waals surface area contributed by atoms with Crippen LogP contribution in [0.4, 0.5) is 11.5 Å². The molecule has 0 saturated heterocycles. The predicted octanol–water partition coefficient (Wildman–Crippen LogP) is 3.55. The van der Waals surface area contributed by atoms with Crippen LogP contribution in [0.2, 0.25) is 0 Å². The summed E-state index contributed by atoms with van der Waals surface area (Å²) in [7, 11) is 0. The molecule has 0 aliphatic rings. The molecule has 0 radical (unpaired) electrons. The third kappa shape index (κ3) is 3.87. The number of nitrogens with zero attached hydrogens (tertiary/aromatic N) is 2. The number of aryl methyl sites for hydroxylation is 1. The topological polar surface area (TPSA) is 66.9 Å². The first-order valence-electron chi connectivity index (χ1n) is 7.93. The second kappa shape index (κ2) is 7.08. The standard InChI is InChI=1S/C19H20N4O/c1-13-3-8-18-17(11-13)19(22-12-21-18)20-10-9-15-4-6-16(7-5-15)23-14(2)24/h3-8,11-12H,9-10H2,1-2H3,(H,23,24)(H,20,21,22). The quantitative estimate of drug-likeness (QED) is 0.754. The van der Waals surface area contributed by atoms with Gasteiger partial charge in [-0.3, -0.25) is 4.79 Å². The van der Waals surface area contributed by atoms with Crippen molar-refractivity contribution in [3.63, 3.8) is 0 Å². The molecule has 2 N–H and O–H groups in total. The van der Waals surface area contributed by atoms with Crippen LogP contribution in [0.3, 0.4) is 0 Å². The maximum Gasteiger partial charge on any atom is 0.221 e. The summed E-state index contributed by atoms with van der Waals surface area (Å²) in [5, 5.41) is 7.20. The molecule has 0 spiro atoms. The Morgan fingerprint density at radius 1 is 1.08 bits per heavy atom. The van der Waals surface area contributed by atoms with Gasteiger partial charge in [0.15, 0.2) is 0 Å². The van der Waals surface area contributed by atoms with Gasteiger partial charge in [-0.25, -0.2) is 9.97 Å². The molecule has 0 fully saturated rings. The van der Waals surface area contributed by atoms with E-state index in [-0.39, 0.29) is 5.91 Å². The second-order valence-corrected chi connectivity index (χ2v) is 5.80. The van der Waals surface area contributed by atoms with Crippen molar-refractivity contribution < 1.29 is 4.79 Å². The van der Waals surface area contributed by atoms with Crippen LogP contribution < -0.4 is 10.6 Å². The molecule has 1 heterocycles. The lowest BCUT2D eigenvalue weighted by Crippen LogP contribution is -2.08. The van der Waals surface area contributed by atoms with Crippen molar-refractivity contribution in [3.8, 4) is 0 Å². The number of carbonyl (C=O) groups excluding carboxylic acids is 1. The highest BCUT2D eigenvalue weighted by Gasteiger charge is 2.03. The summed E-state index contributed by atoms with van der Waals surface area (Å²) >= 11 is 0.